The molecule has 3 aromatic heterocycles. The summed E-state index contributed by atoms with van der Waals surface area (Å²) in [5.41, 5.74) is 25.4. The molecule has 2 aliphatic rings. The van der Waals surface area contributed by atoms with Crippen molar-refractivity contribution < 1.29 is 5.48 Å². The van der Waals surface area contributed by atoms with Crippen LogP contribution in [0.5, 0.6) is 0 Å². The van der Waals surface area contributed by atoms with E-state index in [-0.39, 0.29) is 51.3 Å². The summed E-state index contributed by atoms with van der Waals surface area (Å²) in [6.45, 7) is 6.32. The van der Waals surface area contributed by atoms with Crippen LogP contribution in [0.3, 0.4) is 0 Å². The molecule has 6 heteroatoms. The van der Waals surface area contributed by atoms with Gasteiger partial charge in [0.15, 0.2) is 0 Å². The molecule has 0 spiro atoms. The van der Waals surface area contributed by atoms with Crippen molar-refractivity contribution in [3.8, 4) is 61.6 Å². The number of anilines is 3. The van der Waals surface area contributed by atoms with Crippen LogP contribution < -0.4 is 30.2 Å². The molecule has 0 N–H and O–H groups in total. The number of para-hydroxylation sites is 6. The molecule has 0 bridgehead atoms. The van der Waals surface area contributed by atoms with Gasteiger partial charge in [0.25, 0.3) is 0 Å². The van der Waals surface area contributed by atoms with Crippen LogP contribution in [0.25, 0.3) is 127 Å². The summed E-state index contributed by atoms with van der Waals surface area (Å²) in [6, 6.07) is 106. The summed E-state index contributed by atoms with van der Waals surface area (Å²) in [5, 5.41) is 6.21. The summed E-state index contributed by atoms with van der Waals surface area (Å²) in [4.78, 5) is 2.55. The zero-order valence-electron chi connectivity index (χ0n) is 56.0. The van der Waals surface area contributed by atoms with Crippen LogP contribution >= 0.6 is 0 Å². The van der Waals surface area contributed by atoms with Gasteiger partial charge in [-0.05, 0) is 0 Å². The third-order valence-corrected chi connectivity index (χ3v) is 22.2. The first-order valence-electron chi connectivity index (χ1n) is 34.3. The van der Waals surface area contributed by atoms with Crippen LogP contribution in [0.4, 0.5) is 17.1 Å². The predicted molar refractivity (Wildman–Crippen MR) is 401 cm³/mol. The average Bonchev–Trinajstić information content (AvgIpc) is 0.762. The Labute approximate surface area is 558 Å². The molecule has 0 fully saturated rings. The van der Waals surface area contributed by atoms with Crippen molar-refractivity contribution in [3.05, 3.63) is 321 Å². The standard InChI is InChI=1S/C88H61BN4Se/c1-88(2,3)62-45-47-81-73(53-62)72-35-14-19-42-80(72)92(81)65-54-83-86-85(55-65)94-84-48-44-61(59-28-21-30-64(50-59)91-78-40-17-12-33-70(78)71-34-13-18-41-79(71)91)52-75(84)89(86)74-51-60(58-27-20-29-63(49-58)90-76-38-15-10-31-68(76)69-32-11-16-39-77(69)90)43-46-82(74)93(83)87-66(56-23-6-4-7-24-56)36-22-37-67(87)57-25-8-5-9-26-57/h4-55H,1-3H3/i14D,19D,35D,42D. The van der Waals surface area contributed by atoms with Crippen molar-refractivity contribution in [1.29, 1.82) is 0 Å². The minimum absolute atomic E-state index is 0.0408. The Morgan fingerprint density at radius 3 is 1.38 bits per heavy atom. The monoisotopic (exact) mass is 1270 g/mol. The number of hydrogen-bond donors (Lipinski definition) is 0. The summed E-state index contributed by atoms with van der Waals surface area (Å²) >= 11 is -0.259. The predicted octanol–water partition coefficient (Wildman–Crippen LogP) is 19.2. The quantitative estimate of drug-likeness (QED) is 0.139. The Kier molecular flexibility index (Phi) is 11.4. The maximum absolute atomic E-state index is 9.88. The Morgan fingerprint density at radius 2 is 0.809 bits per heavy atom. The second-order valence-electron chi connectivity index (χ2n) is 26.1. The summed E-state index contributed by atoms with van der Waals surface area (Å²) in [6.07, 6.45) is 0. The van der Waals surface area contributed by atoms with Crippen molar-refractivity contribution >= 4 is 129 Å². The van der Waals surface area contributed by atoms with Gasteiger partial charge in [-0.2, -0.15) is 0 Å². The first-order valence-corrected chi connectivity index (χ1v) is 34.1. The second kappa shape index (κ2) is 21.2. The molecule has 442 valence electrons. The van der Waals surface area contributed by atoms with Gasteiger partial charge in [0, 0.05) is 0 Å². The first kappa shape index (κ1) is 50.5. The van der Waals surface area contributed by atoms with E-state index in [4.69, 9.17) is 1.37 Å². The molecule has 0 atom stereocenters. The van der Waals surface area contributed by atoms with Gasteiger partial charge in [0.1, 0.15) is 0 Å². The molecule has 17 aromatic rings. The SMILES string of the molecule is [2H]c1c([2H])c([2H])c2c(c1[2H])c1cc(C(C)(C)C)ccc1n2-c1cc2c3c(c1)N(c1c(-c4ccccc4)cccc1-c1ccccc1)c1ccc(-c4cccc(-n5c6ccccc6c6ccccc65)c4)cc1B3c1cc(-c3cccc(-n4c5ccccc5c5ccccc54)c3)ccc1[Se]2. The Balaban J connectivity index is 0.901. The van der Waals surface area contributed by atoms with Gasteiger partial charge in [0.05, 0.1) is 0 Å². The summed E-state index contributed by atoms with van der Waals surface area (Å²) < 4.78 is 47.4. The van der Waals surface area contributed by atoms with E-state index in [1.807, 2.05) is 0 Å². The molecule has 4 nitrogen and oxygen atoms in total. The molecule has 0 unspecified atom stereocenters. The van der Waals surface area contributed by atoms with E-state index in [2.05, 4.69) is 331 Å². The molecule has 0 aliphatic carbocycles. The van der Waals surface area contributed by atoms with Gasteiger partial charge in [0.2, 0.25) is 0 Å². The molecular weight excluding hydrogens is 1200 g/mol. The van der Waals surface area contributed by atoms with Crippen molar-refractivity contribution in [2.24, 2.45) is 0 Å². The summed E-state index contributed by atoms with van der Waals surface area (Å²) in [5.74, 6) is 0. The maximum atomic E-state index is 9.88. The fourth-order valence-corrected chi connectivity index (χ4v) is 17.9. The molecule has 0 amide bonds. The molecule has 0 radical (unpaired) electrons. The molecule has 14 aromatic carbocycles. The van der Waals surface area contributed by atoms with Crippen LogP contribution in [0.2, 0.25) is 0 Å². The van der Waals surface area contributed by atoms with Crippen molar-refractivity contribution in [3.63, 3.8) is 0 Å². The van der Waals surface area contributed by atoms with Crippen LogP contribution in [0, 0.1) is 0 Å². The van der Waals surface area contributed by atoms with Crippen LogP contribution in [0.15, 0.2) is 315 Å². The molecule has 19 rings (SSSR count). The van der Waals surface area contributed by atoms with Crippen LogP contribution in [-0.4, -0.2) is 35.4 Å². The van der Waals surface area contributed by atoms with Crippen molar-refractivity contribution in [2.75, 3.05) is 4.90 Å². The topological polar surface area (TPSA) is 18.0 Å². The van der Waals surface area contributed by atoms with Gasteiger partial charge in [-0.3, -0.25) is 0 Å². The second-order valence-corrected chi connectivity index (χ2v) is 28.4. The van der Waals surface area contributed by atoms with E-state index in [1.54, 1.807) is 0 Å². The number of aromatic nitrogens is 3. The number of nitrogens with zero attached hydrogens (tertiary/aromatic N) is 4. The molecule has 5 heterocycles. The minimum atomic E-state index is -0.259. The van der Waals surface area contributed by atoms with Gasteiger partial charge in [-0.25, -0.2) is 0 Å². The van der Waals surface area contributed by atoms with Gasteiger partial charge in [-0.1, -0.05) is 36.4 Å². The van der Waals surface area contributed by atoms with Gasteiger partial charge in [-0.15, -0.1) is 0 Å². The van der Waals surface area contributed by atoms with E-state index < -0.39 is 0 Å². The number of rotatable bonds is 8. The third kappa shape index (κ3) is 8.46. The average molecular weight is 1270 g/mol. The molecule has 0 saturated carbocycles. The van der Waals surface area contributed by atoms with Crippen LogP contribution in [-0.2, 0) is 5.41 Å². The van der Waals surface area contributed by atoms with Crippen molar-refractivity contribution in [1.82, 2.24) is 13.7 Å². The summed E-state index contributed by atoms with van der Waals surface area (Å²) in [7, 11) is 0. The van der Waals surface area contributed by atoms with E-state index in [9.17, 15) is 4.11 Å². The van der Waals surface area contributed by atoms with Gasteiger partial charge >= 0.3 is 526 Å². The van der Waals surface area contributed by atoms with E-state index >= 15 is 0 Å². The number of hydrogen-bond acceptors (Lipinski definition) is 1. The Morgan fingerprint density at radius 1 is 0.330 bits per heavy atom. The van der Waals surface area contributed by atoms with Crippen molar-refractivity contribution in [2.45, 2.75) is 26.2 Å². The zero-order valence-corrected chi connectivity index (χ0v) is 53.7. The number of fused-ring (bicyclic) bond motifs is 13. The molecular formula is C88H61BN4Se. The zero-order chi connectivity index (χ0) is 65.8. The van der Waals surface area contributed by atoms with Gasteiger partial charge < -0.3 is 0 Å². The first-order chi connectivity index (χ1) is 47.9. The third-order valence-electron chi connectivity index (χ3n) is 19.7. The molecule has 94 heavy (non-hydrogen) atoms. The fraction of sp³-hybridized carbons (Fsp3) is 0.0455. The van der Waals surface area contributed by atoms with E-state index in [0.29, 0.717) is 10.9 Å². The normalized spacial score (nSPS) is 13.4. The van der Waals surface area contributed by atoms with E-state index in [0.717, 1.165) is 106 Å². The number of benzene rings is 14. The Hall–Kier alpha value is -11.1. The Bertz CT molecular complexity index is 6060. The molecule has 0 saturated heterocycles. The molecule has 2 aliphatic heterocycles. The van der Waals surface area contributed by atoms with E-state index in [1.165, 1.54) is 57.9 Å². The van der Waals surface area contributed by atoms with Crippen LogP contribution in [0.1, 0.15) is 31.8 Å². The fourth-order valence-electron chi connectivity index (χ4n) is 15.5.